The van der Waals surface area contributed by atoms with E-state index in [4.69, 9.17) is 16.3 Å². The Morgan fingerprint density at radius 3 is 2.14 bits per heavy atom. The summed E-state index contributed by atoms with van der Waals surface area (Å²) in [5.74, 6) is 0.789. The van der Waals surface area contributed by atoms with Gasteiger partial charge in [-0.3, -0.25) is 14.7 Å². The zero-order valence-electron chi connectivity index (χ0n) is 31.3. The lowest BCUT2D eigenvalue weighted by molar-refractivity contribution is 0.102. The maximum absolute atomic E-state index is 13.2. The second-order valence-corrected chi connectivity index (χ2v) is 14.4. The van der Waals surface area contributed by atoms with E-state index in [0.29, 0.717) is 16.3 Å². The van der Waals surface area contributed by atoms with Crippen LogP contribution in [-0.4, -0.2) is 21.9 Å². The minimum Gasteiger partial charge on any atom is -0.471 e. The molecule has 1 unspecified atom stereocenters. The number of nitrogens with one attached hydrogen (secondary N) is 3. The van der Waals surface area contributed by atoms with E-state index >= 15 is 0 Å². The predicted octanol–water partition coefficient (Wildman–Crippen LogP) is 11.9. The van der Waals surface area contributed by atoms with Gasteiger partial charge in [0.2, 0.25) is 0 Å². The largest absolute Gasteiger partial charge is 0.471 e. The molecular formula is C43H59ClN4O3. The van der Waals surface area contributed by atoms with Crippen LogP contribution < -0.4 is 20.9 Å². The van der Waals surface area contributed by atoms with Crippen LogP contribution in [0, 0.1) is 13.8 Å². The van der Waals surface area contributed by atoms with Crippen molar-refractivity contribution in [1.82, 2.24) is 9.78 Å². The molecule has 1 atom stereocenters. The van der Waals surface area contributed by atoms with Crippen molar-refractivity contribution in [2.45, 2.75) is 137 Å². The van der Waals surface area contributed by atoms with Crippen molar-refractivity contribution in [3.05, 3.63) is 104 Å². The first-order valence-corrected chi connectivity index (χ1v) is 19.7. The summed E-state index contributed by atoms with van der Waals surface area (Å²) in [5, 5.41) is 9.73. The van der Waals surface area contributed by atoms with E-state index in [1.165, 1.54) is 99.8 Å². The summed E-state index contributed by atoms with van der Waals surface area (Å²) in [6.45, 7) is 8.25. The van der Waals surface area contributed by atoms with Crippen LogP contribution in [0.4, 0.5) is 11.5 Å². The number of aromatic nitrogens is 2. The first kappa shape index (κ1) is 39.8. The van der Waals surface area contributed by atoms with Crippen LogP contribution >= 0.6 is 11.6 Å². The summed E-state index contributed by atoms with van der Waals surface area (Å²) in [6, 6.07) is 20.9. The van der Waals surface area contributed by atoms with Crippen LogP contribution in [0.15, 0.2) is 71.5 Å². The Labute approximate surface area is 310 Å². The number of carbonyl (C=O) groups is 1. The molecule has 1 heterocycles. The zero-order valence-corrected chi connectivity index (χ0v) is 32.0. The number of aromatic amines is 1. The number of ether oxygens (including phenoxy) is 1. The fourth-order valence-electron chi connectivity index (χ4n) is 6.66. The van der Waals surface area contributed by atoms with E-state index in [2.05, 4.69) is 47.8 Å². The third kappa shape index (κ3) is 13.3. The van der Waals surface area contributed by atoms with Gasteiger partial charge >= 0.3 is 0 Å². The molecule has 3 aromatic carbocycles. The molecule has 0 aliphatic heterocycles. The van der Waals surface area contributed by atoms with Crippen LogP contribution in [0.5, 0.6) is 5.75 Å². The molecule has 276 valence electrons. The molecule has 8 heteroatoms. The average Bonchev–Trinajstić information content (AvgIpc) is 3.45. The third-order valence-corrected chi connectivity index (χ3v) is 9.63. The highest BCUT2D eigenvalue weighted by Gasteiger charge is 2.16. The number of benzene rings is 3. The third-order valence-electron chi connectivity index (χ3n) is 9.34. The second-order valence-electron chi connectivity index (χ2n) is 14.0. The molecule has 4 aromatic rings. The van der Waals surface area contributed by atoms with Crippen LogP contribution in [0.1, 0.15) is 137 Å². The Bertz CT molecular complexity index is 1690. The van der Waals surface area contributed by atoms with Crippen molar-refractivity contribution in [3.63, 3.8) is 0 Å². The van der Waals surface area contributed by atoms with Gasteiger partial charge in [0, 0.05) is 23.7 Å². The number of unbranched alkanes of at least 4 members (excludes halogenated alkanes) is 12. The summed E-state index contributed by atoms with van der Waals surface area (Å²) in [7, 11) is 0. The quantitative estimate of drug-likeness (QED) is 0.0527. The summed E-state index contributed by atoms with van der Waals surface area (Å²) in [4.78, 5) is 26.1. The van der Waals surface area contributed by atoms with Gasteiger partial charge in [0.1, 0.15) is 11.6 Å². The molecule has 0 saturated heterocycles. The van der Waals surface area contributed by atoms with Gasteiger partial charge in [0.15, 0.2) is 6.23 Å². The number of anilines is 2. The molecule has 1 amide bonds. The lowest BCUT2D eigenvalue weighted by Crippen LogP contribution is -2.26. The van der Waals surface area contributed by atoms with Crippen molar-refractivity contribution in [2.75, 3.05) is 10.6 Å². The number of carbonyl (C=O) groups excluding carboxylic acids is 1. The van der Waals surface area contributed by atoms with E-state index in [-0.39, 0.29) is 23.5 Å². The fourth-order valence-corrected chi connectivity index (χ4v) is 7.06. The molecule has 0 radical (unpaired) electrons. The van der Waals surface area contributed by atoms with Gasteiger partial charge in [-0.05, 0) is 79.8 Å². The Kier molecular flexibility index (Phi) is 16.7. The van der Waals surface area contributed by atoms with Gasteiger partial charge in [-0.1, -0.05) is 133 Å². The Balaban J connectivity index is 1.24. The van der Waals surface area contributed by atoms with E-state index in [1.54, 1.807) is 18.2 Å². The van der Waals surface area contributed by atoms with E-state index in [1.807, 2.05) is 38.1 Å². The first-order valence-electron chi connectivity index (χ1n) is 19.3. The lowest BCUT2D eigenvalue weighted by Gasteiger charge is -2.22. The number of nitrogens with zero attached hydrogens (tertiary/aromatic N) is 1. The molecule has 0 saturated carbocycles. The maximum Gasteiger partial charge on any atom is 0.273 e. The van der Waals surface area contributed by atoms with Crippen LogP contribution in [0.2, 0.25) is 5.02 Å². The molecule has 0 bridgehead atoms. The number of halogens is 1. The Morgan fingerprint density at radius 2 is 1.47 bits per heavy atom. The summed E-state index contributed by atoms with van der Waals surface area (Å²) >= 11 is 6.47. The van der Waals surface area contributed by atoms with Gasteiger partial charge in [-0.25, -0.2) is 4.68 Å². The highest BCUT2D eigenvalue weighted by Crippen LogP contribution is 2.25. The average molecular weight is 715 g/mol. The second kappa shape index (κ2) is 21.4. The smallest absolute Gasteiger partial charge is 0.273 e. The number of H-pyrrole nitrogens is 1. The highest BCUT2D eigenvalue weighted by atomic mass is 35.5. The predicted molar refractivity (Wildman–Crippen MR) is 214 cm³/mol. The topological polar surface area (TPSA) is 88.2 Å². The Hall–Kier alpha value is -3.97. The van der Waals surface area contributed by atoms with E-state index in [0.717, 1.165) is 41.8 Å². The maximum atomic E-state index is 13.2. The minimum atomic E-state index is -0.340. The summed E-state index contributed by atoms with van der Waals surface area (Å²) in [5.41, 5.74) is 4.63. The van der Waals surface area contributed by atoms with Crippen molar-refractivity contribution in [3.8, 4) is 11.4 Å². The number of rotatable bonds is 23. The van der Waals surface area contributed by atoms with E-state index in [9.17, 15) is 9.59 Å². The molecule has 0 aliphatic rings. The standard InChI is InChI=1S/C43H59ClN4O3/c1-5-7-8-9-10-11-12-13-14-15-16-17-18-22-34-23-19-26-37(29-34)51-40(21-6-2)45-36-25-20-24-35(30-36)43(50)46-39-31-41(49)48(47-39)42-33(4)27-32(3)28-38(42)44/h19-20,23-31,40,45,47H,5-18,21-22H2,1-4H3,(H,46,50). The molecule has 0 aliphatic carbocycles. The van der Waals surface area contributed by atoms with Gasteiger partial charge in [-0.15, -0.1) is 0 Å². The lowest BCUT2D eigenvalue weighted by atomic mass is 10.0. The van der Waals surface area contributed by atoms with Gasteiger partial charge < -0.3 is 15.4 Å². The molecule has 0 fully saturated rings. The molecule has 7 nitrogen and oxygen atoms in total. The normalized spacial score (nSPS) is 11.8. The monoisotopic (exact) mass is 714 g/mol. The molecule has 4 rings (SSSR count). The number of hydrogen-bond donors (Lipinski definition) is 3. The Morgan fingerprint density at radius 1 is 0.804 bits per heavy atom. The molecule has 51 heavy (non-hydrogen) atoms. The molecule has 0 spiro atoms. The van der Waals surface area contributed by atoms with Crippen LogP contribution in [0.25, 0.3) is 5.69 Å². The molecule has 3 N–H and O–H groups in total. The number of hydrogen-bond acceptors (Lipinski definition) is 4. The zero-order chi connectivity index (χ0) is 36.4. The number of aryl methyl sites for hydroxylation is 3. The van der Waals surface area contributed by atoms with Crippen molar-refractivity contribution in [1.29, 1.82) is 0 Å². The van der Waals surface area contributed by atoms with Crippen molar-refractivity contribution >= 4 is 29.0 Å². The van der Waals surface area contributed by atoms with E-state index < -0.39 is 0 Å². The summed E-state index contributed by atoms with van der Waals surface area (Å²) in [6.07, 6.45) is 20.2. The first-order chi connectivity index (χ1) is 24.8. The number of amides is 1. The van der Waals surface area contributed by atoms with Crippen LogP contribution in [-0.2, 0) is 6.42 Å². The SMILES string of the molecule is CCCCCCCCCCCCCCCc1cccc(OC(CCC)Nc2cccc(C(=O)Nc3cc(=O)n(-c4c(C)cc(C)cc4Cl)[nH]3)c2)c1. The van der Waals surface area contributed by atoms with Crippen LogP contribution in [0.3, 0.4) is 0 Å². The highest BCUT2D eigenvalue weighted by molar-refractivity contribution is 6.32. The van der Waals surface area contributed by atoms with Gasteiger partial charge in [0.25, 0.3) is 11.5 Å². The van der Waals surface area contributed by atoms with Crippen molar-refractivity contribution < 1.29 is 9.53 Å². The molecule has 1 aromatic heterocycles. The molecular weight excluding hydrogens is 656 g/mol. The van der Waals surface area contributed by atoms with Crippen molar-refractivity contribution in [2.24, 2.45) is 0 Å². The minimum absolute atomic E-state index is 0.257. The summed E-state index contributed by atoms with van der Waals surface area (Å²) < 4.78 is 7.79. The fraction of sp³-hybridized carbons (Fsp3) is 0.488. The van der Waals surface area contributed by atoms with Gasteiger partial charge in [-0.2, -0.15) is 0 Å². The van der Waals surface area contributed by atoms with Gasteiger partial charge in [0.05, 0.1) is 10.7 Å².